The van der Waals surface area contributed by atoms with Crippen LogP contribution in [-0.4, -0.2) is 57.7 Å². The molecule has 33 heavy (non-hydrogen) atoms. The van der Waals surface area contributed by atoms with Crippen LogP contribution in [0.15, 0.2) is 36.4 Å². The zero-order valence-electron chi connectivity index (χ0n) is 19.5. The molecule has 1 fully saturated rings. The van der Waals surface area contributed by atoms with E-state index in [0.29, 0.717) is 47.5 Å². The van der Waals surface area contributed by atoms with Crippen LogP contribution in [0.25, 0.3) is 0 Å². The van der Waals surface area contributed by atoms with Gasteiger partial charge >= 0.3 is 0 Å². The van der Waals surface area contributed by atoms with Crippen LogP contribution in [0.1, 0.15) is 41.6 Å². The molecule has 3 rings (SSSR count). The van der Waals surface area contributed by atoms with E-state index in [-0.39, 0.29) is 17.7 Å². The molecule has 1 aliphatic heterocycles. The van der Waals surface area contributed by atoms with Crippen molar-refractivity contribution in [3.63, 3.8) is 0 Å². The van der Waals surface area contributed by atoms with E-state index >= 15 is 0 Å². The van der Waals surface area contributed by atoms with Gasteiger partial charge in [-0.05, 0) is 36.2 Å². The summed E-state index contributed by atoms with van der Waals surface area (Å²) >= 11 is 6.27. The van der Waals surface area contributed by atoms with Gasteiger partial charge in [0.2, 0.25) is 11.7 Å². The van der Waals surface area contributed by atoms with Crippen molar-refractivity contribution in [2.75, 3.05) is 41.0 Å². The van der Waals surface area contributed by atoms with Gasteiger partial charge < -0.3 is 24.4 Å². The lowest BCUT2D eigenvalue weighted by atomic mass is 9.88. The second kappa shape index (κ2) is 11.3. The molecule has 0 unspecified atom stereocenters. The Morgan fingerprint density at radius 2 is 1.73 bits per heavy atom. The van der Waals surface area contributed by atoms with Crippen molar-refractivity contribution < 1.29 is 23.8 Å². The number of nitrogens with one attached hydrogen (secondary N) is 1. The number of hydrogen-bond acceptors (Lipinski definition) is 5. The van der Waals surface area contributed by atoms with Gasteiger partial charge in [-0.1, -0.05) is 37.1 Å². The van der Waals surface area contributed by atoms with Crippen molar-refractivity contribution in [3.05, 3.63) is 52.5 Å². The second-order valence-corrected chi connectivity index (χ2v) is 8.41. The molecule has 1 N–H and O–H groups in total. The molecule has 0 saturated carbocycles. The fraction of sp³-hybridized carbons (Fsp3) is 0.440. The number of unbranched alkanes of at least 4 members (excludes halogenated alkanes) is 1. The van der Waals surface area contributed by atoms with Gasteiger partial charge in [0.1, 0.15) is 0 Å². The molecule has 178 valence electrons. The zero-order chi connectivity index (χ0) is 24.0. The first-order valence-corrected chi connectivity index (χ1v) is 11.4. The van der Waals surface area contributed by atoms with Crippen molar-refractivity contribution in [1.29, 1.82) is 0 Å². The number of likely N-dealkylation sites (tertiary alicyclic amines) is 1. The Morgan fingerprint density at radius 1 is 1.06 bits per heavy atom. The number of amides is 2. The molecule has 0 aromatic heterocycles. The first-order valence-electron chi connectivity index (χ1n) is 11.1. The molecule has 0 aliphatic carbocycles. The van der Waals surface area contributed by atoms with E-state index in [1.165, 1.54) is 0 Å². The highest BCUT2D eigenvalue weighted by molar-refractivity contribution is 6.33. The normalized spacial score (nSPS) is 17.5. The number of rotatable bonds is 9. The Hall–Kier alpha value is -2.93. The molecule has 2 aromatic carbocycles. The summed E-state index contributed by atoms with van der Waals surface area (Å²) in [4.78, 5) is 28.1. The Bertz CT molecular complexity index is 972. The third-order valence-corrected chi connectivity index (χ3v) is 6.32. The average molecular weight is 475 g/mol. The third-order valence-electron chi connectivity index (χ3n) is 5.99. The van der Waals surface area contributed by atoms with Gasteiger partial charge in [0.25, 0.3) is 5.91 Å². The summed E-state index contributed by atoms with van der Waals surface area (Å²) < 4.78 is 16.5. The molecule has 2 amide bonds. The van der Waals surface area contributed by atoms with Crippen LogP contribution in [0.5, 0.6) is 17.2 Å². The highest BCUT2D eigenvalue weighted by atomic mass is 35.5. The number of nitrogens with zero attached hydrogens (tertiary/aromatic N) is 1. The predicted molar refractivity (Wildman–Crippen MR) is 128 cm³/mol. The van der Waals surface area contributed by atoms with Gasteiger partial charge in [-0.15, -0.1) is 0 Å². The third kappa shape index (κ3) is 5.36. The first kappa shape index (κ1) is 24.7. The quantitative estimate of drug-likeness (QED) is 0.553. The molecule has 2 atom stereocenters. The number of methoxy groups -OCH3 is 3. The minimum Gasteiger partial charge on any atom is -0.493 e. The highest BCUT2D eigenvalue weighted by Crippen LogP contribution is 2.43. The van der Waals surface area contributed by atoms with Crippen LogP contribution >= 0.6 is 11.6 Å². The predicted octanol–water partition coefficient (Wildman–Crippen LogP) is 4.14. The molecule has 1 heterocycles. The summed E-state index contributed by atoms with van der Waals surface area (Å²) in [5.41, 5.74) is 1.27. The molecule has 0 radical (unpaired) electrons. The number of halogens is 1. The summed E-state index contributed by atoms with van der Waals surface area (Å²) in [5, 5.41) is 3.42. The maximum absolute atomic E-state index is 13.3. The summed E-state index contributed by atoms with van der Waals surface area (Å²) in [7, 11) is 4.65. The number of ether oxygens (including phenoxy) is 3. The Labute approximate surface area is 200 Å². The maximum atomic E-state index is 13.3. The highest BCUT2D eigenvalue weighted by Gasteiger charge is 2.41. The molecule has 0 spiro atoms. The first-order chi connectivity index (χ1) is 15.9. The Morgan fingerprint density at radius 3 is 2.30 bits per heavy atom. The molecule has 0 bridgehead atoms. The lowest BCUT2D eigenvalue weighted by Crippen LogP contribution is -2.36. The second-order valence-electron chi connectivity index (χ2n) is 8.01. The molecule has 8 heteroatoms. The van der Waals surface area contributed by atoms with Gasteiger partial charge in [-0.25, -0.2) is 0 Å². The number of hydrogen-bond donors (Lipinski definition) is 1. The number of carbonyl (C=O) groups is 2. The van der Waals surface area contributed by atoms with Crippen molar-refractivity contribution in [1.82, 2.24) is 10.2 Å². The van der Waals surface area contributed by atoms with E-state index in [1.807, 2.05) is 12.1 Å². The van der Waals surface area contributed by atoms with E-state index in [2.05, 4.69) is 12.2 Å². The van der Waals surface area contributed by atoms with E-state index in [4.69, 9.17) is 25.8 Å². The molecule has 2 aromatic rings. The summed E-state index contributed by atoms with van der Waals surface area (Å²) in [6.45, 7) is 3.34. The Balaban J connectivity index is 1.97. The van der Waals surface area contributed by atoms with E-state index < -0.39 is 5.92 Å². The van der Waals surface area contributed by atoms with Crippen LogP contribution in [0.3, 0.4) is 0 Å². The van der Waals surface area contributed by atoms with Crippen LogP contribution in [-0.2, 0) is 4.79 Å². The zero-order valence-corrected chi connectivity index (χ0v) is 20.3. The average Bonchev–Trinajstić information content (AvgIpc) is 3.28. The molecule has 7 nitrogen and oxygen atoms in total. The number of benzene rings is 2. The summed E-state index contributed by atoms with van der Waals surface area (Å²) in [6.07, 6.45) is 1.88. The van der Waals surface area contributed by atoms with Crippen LogP contribution in [0.2, 0.25) is 5.02 Å². The lowest BCUT2D eigenvalue weighted by Gasteiger charge is -2.21. The monoisotopic (exact) mass is 474 g/mol. The number of carbonyl (C=O) groups excluding carboxylic acids is 2. The van der Waals surface area contributed by atoms with Crippen LogP contribution in [0, 0.1) is 5.92 Å². The fourth-order valence-electron chi connectivity index (χ4n) is 4.21. The largest absolute Gasteiger partial charge is 0.493 e. The summed E-state index contributed by atoms with van der Waals surface area (Å²) in [6, 6.07) is 10.7. The molecule has 1 saturated heterocycles. The van der Waals surface area contributed by atoms with Crippen LogP contribution < -0.4 is 19.5 Å². The Kier molecular flexibility index (Phi) is 8.44. The summed E-state index contributed by atoms with van der Waals surface area (Å²) in [5.74, 6) is 0.567. The van der Waals surface area contributed by atoms with Gasteiger partial charge in [0.15, 0.2) is 11.5 Å². The minimum absolute atomic E-state index is 0.0725. The van der Waals surface area contributed by atoms with Gasteiger partial charge in [0, 0.05) is 25.6 Å². The minimum atomic E-state index is -0.420. The van der Waals surface area contributed by atoms with Crippen LogP contribution in [0.4, 0.5) is 0 Å². The van der Waals surface area contributed by atoms with Gasteiger partial charge in [-0.2, -0.15) is 0 Å². The maximum Gasteiger partial charge on any atom is 0.255 e. The lowest BCUT2D eigenvalue weighted by molar-refractivity contribution is -0.124. The van der Waals surface area contributed by atoms with E-state index in [0.717, 1.165) is 18.4 Å². The van der Waals surface area contributed by atoms with Crippen molar-refractivity contribution in [2.45, 2.75) is 25.7 Å². The topological polar surface area (TPSA) is 77.1 Å². The van der Waals surface area contributed by atoms with Gasteiger partial charge in [-0.3, -0.25) is 9.59 Å². The smallest absolute Gasteiger partial charge is 0.255 e. The van der Waals surface area contributed by atoms with E-state index in [9.17, 15) is 9.59 Å². The van der Waals surface area contributed by atoms with Gasteiger partial charge in [0.05, 0.1) is 37.8 Å². The molecular weight excluding hydrogens is 444 g/mol. The molecular formula is C25H31ClN2O5. The SMILES string of the molecule is CCCCNC(=O)[C@H]1CN(C(=O)c2ccccc2Cl)C[C@H]1c1cc(OC)c(OC)c(OC)c1. The molecule has 1 aliphatic rings. The van der Waals surface area contributed by atoms with Crippen molar-refractivity contribution in [3.8, 4) is 17.2 Å². The van der Waals surface area contributed by atoms with Crippen molar-refractivity contribution >= 4 is 23.4 Å². The van der Waals surface area contributed by atoms with Crippen molar-refractivity contribution in [2.24, 2.45) is 5.92 Å². The fourth-order valence-corrected chi connectivity index (χ4v) is 4.43. The van der Waals surface area contributed by atoms with E-state index in [1.54, 1.807) is 50.5 Å². The standard InChI is InChI=1S/C25H31ClN2O5/c1-5-6-11-27-24(29)19-15-28(25(30)17-9-7-8-10-20(17)26)14-18(19)16-12-21(31-2)23(33-4)22(13-16)32-3/h7-10,12-13,18-19H,5-6,11,14-15H2,1-4H3,(H,27,29)/t18-,19-/m0/s1.